The predicted octanol–water partition coefficient (Wildman–Crippen LogP) is 15.1. The average molecular weight is 687 g/mol. The van der Waals surface area contributed by atoms with Crippen LogP contribution >= 0.6 is 0 Å². The van der Waals surface area contributed by atoms with Gasteiger partial charge in [-0.3, -0.25) is 0 Å². The van der Waals surface area contributed by atoms with Gasteiger partial charge in [0, 0.05) is 16.2 Å². The molecule has 0 radical (unpaired) electrons. The molecule has 0 saturated carbocycles. The smallest absolute Gasteiger partial charge is 0.147 e. The molecule has 0 aliphatic carbocycles. The first-order valence-corrected chi connectivity index (χ1v) is 18.5. The third kappa shape index (κ3) is 4.17. The van der Waals surface area contributed by atoms with Crippen LogP contribution in [0.5, 0.6) is 0 Å². The van der Waals surface area contributed by atoms with E-state index in [4.69, 9.17) is 8.83 Å². The lowest BCUT2D eigenvalue weighted by Crippen LogP contribution is -1.91. The Bertz CT molecular complexity index is 3430. The van der Waals surface area contributed by atoms with Crippen molar-refractivity contribution in [2.75, 3.05) is 0 Å². The molecule has 250 valence electrons. The molecule has 2 heterocycles. The zero-order valence-corrected chi connectivity index (χ0v) is 29.1. The molecule has 0 spiro atoms. The van der Waals surface area contributed by atoms with E-state index in [-0.39, 0.29) is 0 Å². The van der Waals surface area contributed by atoms with E-state index >= 15 is 0 Å². The first-order chi connectivity index (χ1) is 26.8. The van der Waals surface area contributed by atoms with Crippen LogP contribution in [0.25, 0.3) is 120 Å². The molecule has 10 aromatic carbocycles. The Hall–Kier alpha value is -7.16. The second-order valence-corrected chi connectivity index (χ2v) is 14.3. The van der Waals surface area contributed by atoms with Gasteiger partial charge < -0.3 is 8.83 Å². The van der Waals surface area contributed by atoms with Crippen LogP contribution in [0.3, 0.4) is 0 Å². The van der Waals surface area contributed by atoms with Crippen LogP contribution in [0.2, 0.25) is 0 Å². The lowest BCUT2D eigenvalue weighted by Gasteiger charge is -2.18. The topological polar surface area (TPSA) is 26.3 Å². The molecule has 0 unspecified atom stereocenters. The van der Waals surface area contributed by atoms with Crippen molar-refractivity contribution >= 4 is 87.0 Å². The number of hydrogen-bond donors (Lipinski definition) is 0. The van der Waals surface area contributed by atoms with Crippen molar-refractivity contribution in [3.05, 3.63) is 182 Å². The highest BCUT2D eigenvalue weighted by Crippen LogP contribution is 2.46. The largest absolute Gasteiger partial charge is 0.456 e. The molecule has 12 aromatic rings. The fourth-order valence-electron chi connectivity index (χ4n) is 9.06. The quantitative estimate of drug-likeness (QED) is 0.173. The summed E-state index contributed by atoms with van der Waals surface area (Å²) in [6, 6.07) is 65.6. The van der Waals surface area contributed by atoms with Gasteiger partial charge in [-0.2, -0.15) is 0 Å². The second kappa shape index (κ2) is 11.2. The summed E-state index contributed by atoms with van der Waals surface area (Å²) in [6.45, 7) is 0. The van der Waals surface area contributed by atoms with Gasteiger partial charge in [0.25, 0.3) is 0 Å². The van der Waals surface area contributed by atoms with Crippen molar-refractivity contribution in [2.45, 2.75) is 0 Å². The van der Waals surface area contributed by atoms with Crippen molar-refractivity contribution in [1.29, 1.82) is 0 Å². The minimum absolute atomic E-state index is 0.835. The van der Waals surface area contributed by atoms with Gasteiger partial charge in [0.05, 0.1) is 5.39 Å². The molecule has 54 heavy (non-hydrogen) atoms. The number of furan rings is 2. The van der Waals surface area contributed by atoms with Gasteiger partial charge >= 0.3 is 0 Å². The van der Waals surface area contributed by atoms with Crippen molar-refractivity contribution in [3.63, 3.8) is 0 Å². The summed E-state index contributed by atoms with van der Waals surface area (Å²) in [7, 11) is 0. The summed E-state index contributed by atoms with van der Waals surface area (Å²) in [5, 5.41) is 14.2. The highest BCUT2D eigenvalue weighted by molar-refractivity contribution is 6.29. The monoisotopic (exact) mass is 686 g/mol. The number of hydrogen-bond acceptors (Lipinski definition) is 2. The average Bonchev–Trinajstić information content (AvgIpc) is 3.81. The van der Waals surface area contributed by atoms with Gasteiger partial charge in [-0.25, -0.2) is 0 Å². The summed E-state index contributed by atoms with van der Waals surface area (Å²) in [5.41, 5.74) is 10.8. The fourth-order valence-corrected chi connectivity index (χ4v) is 9.06. The van der Waals surface area contributed by atoms with Crippen LogP contribution in [0.1, 0.15) is 0 Å². The van der Waals surface area contributed by atoms with Crippen LogP contribution in [-0.2, 0) is 0 Å². The first-order valence-electron chi connectivity index (χ1n) is 18.5. The first kappa shape index (κ1) is 29.4. The van der Waals surface area contributed by atoms with E-state index in [0.717, 1.165) is 60.4 Å². The lowest BCUT2D eigenvalue weighted by molar-refractivity contribution is 0.663. The van der Waals surface area contributed by atoms with E-state index in [2.05, 4.69) is 170 Å². The molecular weight excluding hydrogens is 657 g/mol. The molecule has 12 rings (SSSR count). The molecular formula is C52H30O2. The highest BCUT2D eigenvalue weighted by Gasteiger charge is 2.21. The lowest BCUT2D eigenvalue weighted by atomic mass is 9.85. The summed E-state index contributed by atoms with van der Waals surface area (Å²) < 4.78 is 13.1. The number of rotatable bonds is 3. The maximum atomic E-state index is 6.63. The highest BCUT2D eigenvalue weighted by atomic mass is 16.3. The summed E-state index contributed by atoms with van der Waals surface area (Å²) in [5.74, 6) is 0. The summed E-state index contributed by atoms with van der Waals surface area (Å²) >= 11 is 0. The van der Waals surface area contributed by atoms with Crippen molar-refractivity contribution in [3.8, 4) is 33.4 Å². The molecule has 0 amide bonds. The van der Waals surface area contributed by atoms with E-state index in [1.807, 2.05) is 12.1 Å². The molecule has 2 heteroatoms. The molecule has 0 aliphatic heterocycles. The molecule has 2 aromatic heterocycles. The minimum Gasteiger partial charge on any atom is -0.456 e. The molecule has 0 aliphatic rings. The number of fused-ring (bicyclic) bond motifs is 12. The Morgan fingerprint density at radius 1 is 0.278 bits per heavy atom. The third-order valence-electron chi connectivity index (χ3n) is 11.4. The Labute approximate surface area is 310 Å². The predicted molar refractivity (Wildman–Crippen MR) is 227 cm³/mol. The Kier molecular flexibility index (Phi) is 6.09. The summed E-state index contributed by atoms with van der Waals surface area (Å²) in [4.78, 5) is 0. The van der Waals surface area contributed by atoms with E-state index in [1.54, 1.807) is 0 Å². The SMILES string of the molecule is c1ccc(-c2c3ccccc3c(-c3ccc4cc(-c5cc6oc7ccc8c9ccccc9oc8c7c6c6ccccc56)ccc4c3)c3ccccc23)cc1. The van der Waals surface area contributed by atoms with Gasteiger partial charge in [0.2, 0.25) is 0 Å². The number of benzene rings is 10. The maximum absolute atomic E-state index is 6.63. The van der Waals surface area contributed by atoms with Crippen molar-refractivity contribution in [2.24, 2.45) is 0 Å². The molecule has 0 atom stereocenters. The van der Waals surface area contributed by atoms with Crippen LogP contribution in [0.15, 0.2) is 191 Å². The minimum atomic E-state index is 0.835. The zero-order chi connectivity index (χ0) is 35.3. The zero-order valence-electron chi connectivity index (χ0n) is 29.1. The van der Waals surface area contributed by atoms with Crippen LogP contribution in [-0.4, -0.2) is 0 Å². The van der Waals surface area contributed by atoms with E-state index < -0.39 is 0 Å². The van der Waals surface area contributed by atoms with E-state index in [9.17, 15) is 0 Å². The van der Waals surface area contributed by atoms with Gasteiger partial charge in [-0.05, 0) is 113 Å². The van der Waals surface area contributed by atoms with Crippen LogP contribution in [0, 0.1) is 0 Å². The molecule has 0 bridgehead atoms. The summed E-state index contributed by atoms with van der Waals surface area (Å²) in [6.07, 6.45) is 0. The molecule has 0 fully saturated rings. The Morgan fingerprint density at radius 3 is 1.54 bits per heavy atom. The maximum Gasteiger partial charge on any atom is 0.147 e. The van der Waals surface area contributed by atoms with Crippen molar-refractivity contribution < 1.29 is 8.83 Å². The van der Waals surface area contributed by atoms with Crippen LogP contribution < -0.4 is 0 Å². The van der Waals surface area contributed by atoms with E-state index in [0.29, 0.717) is 0 Å². The molecule has 0 N–H and O–H groups in total. The van der Waals surface area contributed by atoms with Crippen LogP contribution in [0.4, 0.5) is 0 Å². The Morgan fingerprint density at radius 2 is 0.833 bits per heavy atom. The van der Waals surface area contributed by atoms with Gasteiger partial charge in [0.15, 0.2) is 0 Å². The fraction of sp³-hybridized carbons (Fsp3) is 0. The molecule has 0 saturated heterocycles. The van der Waals surface area contributed by atoms with Gasteiger partial charge in [-0.15, -0.1) is 0 Å². The third-order valence-corrected chi connectivity index (χ3v) is 11.4. The van der Waals surface area contributed by atoms with Gasteiger partial charge in [0.1, 0.15) is 22.3 Å². The van der Waals surface area contributed by atoms with Gasteiger partial charge in [-0.1, -0.05) is 146 Å². The van der Waals surface area contributed by atoms with E-state index in [1.165, 1.54) is 60.0 Å². The number of para-hydroxylation sites is 1. The molecule has 2 nitrogen and oxygen atoms in total. The Balaban J connectivity index is 1.04. The standard InChI is InChI=1S/C52H30O2/c1-2-12-31(13-3-1)48-39-17-6-8-19-41(39)49(42-20-9-7-18-40(42)48)35-25-23-32-28-34(24-22-33(32)29-35)44-30-47-50(38-16-5-4-14-36(38)44)51-46(53-47)27-26-43-37-15-10-11-21-45(37)54-52(43)51/h1-30H. The normalized spacial score (nSPS) is 12.1. The van der Waals surface area contributed by atoms with Crippen molar-refractivity contribution in [1.82, 2.24) is 0 Å². The second-order valence-electron chi connectivity index (χ2n) is 14.3.